The molecule has 1 aliphatic rings. The minimum absolute atomic E-state index is 0.0132. The predicted molar refractivity (Wildman–Crippen MR) is 288 cm³/mol. The summed E-state index contributed by atoms with van der Waals surface area (Å²) in [6, 6.07) is 0.834. The van der Waals surface area contributed by atoms with Gasteiger partial charge in [0, 0.05) is 48.9 Å². The largest absolute Gasteiger partial charge is 0.508 e. The zero-order chi connectivity index (χ0) is 58.1. The van der Waals surface area contributed by atoms with Gasteiger partial charge in [-0.15, -0.1) is 0 Å². The van der Waals surface area contributed by atoms with Crippen molar-refractivity contribution in [1.82, 2.24) is 42.1 Å². The third kappa shape index (κ3) is 23.5. The minimum atomic E-state index is -1.81. The molecule has 2 aromatic rings. The van der Waals surface area contributed by atoms with E-state index in [1.165, 1.54) is 18.2 Å². The van der Waals surface area contributed by atoms with Crippen LogP contribution in [0.4, 0.5) is 4.39 Å². The van der Waals surface area contributed by atoms with Crippen LogP contribution in [0.5, 0.6) is 11.5 Å². The predicted octanol–water partition coefficient (Wildman–Crippen LogP) is -1.85. The molecule has 3 rings (SSSR count). The molecule has 1 unspecified atom stereocenters. The van der Waals surface area contributed by atoms with E-state index in [1.54, 1.807) is 39.8 Å². The van der Waals surface area contributed by atoms with E-state index in [0.29, 0.717) is 18.4 Å². The first-order chi connectivity index (χ1) is 36.9. The highest BCUT2D eigenvalue weighted by atomic mass is 33.1. The van der Waals surface area contributed by atoms with Crippen LogP contribution in [-0.2, 0) is 60.9 Å². The normalized spacial score (nSPS) is 20.8. The average molecular weight is 1140 g/mol. The fraction of sp³-hybridized carbons (Fsp3) is 0.560. The monoisotopic (exact) mass is 1130 g/mol. The first-order valence-corrected chi connectivity index (χ1v) is 27.9. The number of carbonyl (C=O) groups excluding carboxylic acids is 10. The Hall–Kier alpha value is -6.75. The fourth-order valence-corrected chi connectivity index (χ4v) is 9.98. The van der Waals surface area contributed by atoms with Gasteiger partial charge < -0.3 is 74.7 Å². The number of benzene rings is 2. The van der Waals surface area contributed by atoms with Crippen molar-refractivity contribution in [2.45, 2.75) is 128 Å². The van der Waals surface area contributed by atoms with Crippen LogP contribution < -0.4 is 64.9 Å². The number of primary amides is 3. The highest BCUT2D eigenvalue weighted by Gasteiger charge is 2.37. The van der Waals surface area contributed by atoms with Crippen molar-refractivity contribution in [3.63, 3.8) is 0 Å². The van der Waals surface area contributed by atoms with Crippen LogP contribution in [0.2, 0.25) is 0 Å². The molecule has 432 valence electrons. The molecule has 0 saturated carbocycles. The smallest absolute Gasteiger partial charge is 0.246 e. The van der Waals surface area contributed by atoms with E-state index in [4.69, 9.17) is 27.7 Å². The van der Waals surface area contributed by atoms with Gasteiger partial charge in [-0.2, -0.15) is 0 Å². The van der Waals surface area contributed by atoms with Crippen LogP contribution in [0.25, 0.3) is 0 Å². The maximum atomic E-state index is 15.1. The summed E-state index contributed by atoms with van der Waals surface area (Å²) in [6.45, 7) is 5.51. The van der Waals surface area contributed by atoms with Crippen molar-refractivity contribution < 1.29 is 67.3 Å². The number of nitrogens with one attached hydrogen (secondary N) is 7. The number of nitrogens with zero attached hydrogens (tertiary/aromatic N) is 1. The summed E-state index contributed by atoms with van der Waals surface area (Å²) in [5.41, 5.74) is 22.7. The standard InChI is InChI=1S/C50H75FN12O13S2/c1-5-28(4)44-49(74)59-33(13-14-39(53)65)46(71)60-36(22-40(54)66)47(72)61-37(26-78-77-18-15-42(68)57-35(48(73)62-44)20-29-7-11-32(64)12-8-29)50(75)63(24-30-9-10-31(51)21-38(30)76-17-6-16-52)25-43(69)58-34(19-27(2)3)45(70)56-23-41(55)67/h7-12,21,27-28,33-37,44,49,59,64,74H,5-6,13-20,22-26,52H2,1-4H3,(H2,53,65)(H2,54,66)(H2,55,67)(H,56,70)(H,57,68)(H,58,69)(H,60,71)(H,61,72)(H,62,73)/t28-,33-,34-,35-,36-,37-,44-,49?/m0/s1. The molecule has 0 radical (unpaired) electrons. The SMILES string of the molecule is CC[C@H](C)[C@@H]1NC(=O)[C@H](Cc2ccc(O)cc2)NC(=O)CCSSC[C@@H](C(=O)N(CC(=O)N[C@@H](CC(C)C)C(=O)NCC(N)=O)Cc2ccc(F)cc2OCCCN)NC(=O)[C@H](CC(N)=O)NC(=O)[C@H](CCC(N)=O)NC1O. The van der Waals surface area contributed by atoms with Crippen molar-refractivity contribution in [2.24, 2.45) is 34.8 Å². The van der Waals surface area contributed by atoms with E-state index in [0.717, 1.165) is 38.6 Å². The number of aromatic hydroxyl groups is 1. The Morgan fingerprint density at radius 2 is 1.55 bits per heavy atom. The van der Waals surface area contributed by atoms with E-state index in [-0.39, 0.29) is 73.3 Å². The van der Waals surface area contributed by atoms with Crippen molar-refractivity contribution in [3.05, 3.63) is 59.4 Å². The van der Waals surface area contributed by atoms with Crippen molar-refractivity contribution in [3.8, 4) is 11.5 Å². The Morgan fingerprint density at radius 3 is 2.18 bits per heavy atom. The fourth-order valence-electron chi connectivity index (χ4n) is 7.83. The number of aliphatic hydroxyl groups excluding tert-OH is 1. The summed E-state index contributed by atoms with van der Waals surface area (Å²) in [5.74, 6) is -10.5. The van der Waals surface area contributed by atoms with Crippen LogP contribution in [0.1, 0.15) is 83.8 Å². The van der Waals surface area contributed by atoms with Gasteiger partial charge in [-0.1, -0.05) is 73.9 Å². The molecule has 25 nitrogen and oxygen atoms in total. The minimum Gasteiger partial charge on any atom is -0.508 e. The van der Waals surface area contributed by atoms with Gasteiger partial charge in [0.05, 0.1) is 38.2 Å². The number of carbonyl (C=O) groups is 10. The molecule has 1 aliphatic heterocycles. The third-order valence-electron chi connectivity index (χ3n) is 12.1. The first-order valence-electron chi connectivity index (χ1n) is 25.4. The summed E-state index contributed by atoms with van der Waals surface area (Å²) in [7, 11) is 2.09. The third-order valence-corrected chi connectivity index (χ3v) is 14.5. The van der Waals surface area contributed by atoms with E-state index < -0.39 is 146 Å². The van der Waals surface area contributed by atoms with Crippen LogP contribution in [-0.4, -0.2) is 154 Å². The Balaban J connectivity index is 2.18. The lowest BCUT2D eigenvalue weighted by Gasteiger charge is -2.34. The maximum absolute atomic E-state index is 15.1. The highest BCUT2D eigenvalue weighted by Crippen LogP contribution is 2.26. The van der Waals surface area contributed by atoms with Crippen LogP contribution in [0, 0.1) is 17.7 Å². The maximum Gasteiger partial charge on any atom is 0.246 e. The second kappa shape index (κ2) is 33.5. The molecular weight excluding hydrogens is 1060 g/mol. The molecule has 10 amide bonds. The van der Waals surface area contributed by atoms with E-state index >= 15 is 4.79 Å². The molecule has 1 fully saturated rings. The molecule has 0 spiro atoms. The Morgan fingerprint density at radius 1 is 0.872 bits per heavy atom. The average Bonchev–Trinajstić information content (AvgIpc) is 3.38. The second-order valence-corrected chi connectivity index (χ2v) is 21.7. The molecule has 0 aromatic heterocycles. The number of nitrogens with two attached hydrogens (primary N) is 4. The summed E-state index contributed by atoms with van der Waals surface area (Å²) >= 11 is 0. The van der Waals surface area contributed by atoms with E-state index in [2.05, 4.69) is 37.2 Å². The van der Waals surface area contributed by atoms with Gasteiger partial charge in [-0.3, -0.25) is 53.3 Å². The number of ether oxygens (including phenoxy) is 1. The Kier molecular flexibility index (Phi) is 28.2. The molecule has 0 aliphatic carbocycles. The highest BCUT2D eigenvalue weighted by molar-refractivity contribution is 8.76. The number of aliphatic hydroxyl groups is 1. The number of halogens is 1. The zero-order valence-electron chi connectivity index (χ0n) is 44.2. The van der Waals surface area contributed by atoms with Gasteiger partial charge >= 0.3 is 0 Å². The first kappa shape index (κ1) is 65.5. The Labute approximate surface area is 459 Å². The molecule has 17 N–H and O–H groups in total. The number of hydrogen-bond acceptors (Lipinski definition) is 17. The van der Waals surface area contributed by atoms with Crippen LogP contribution in [0.15, 0.2) is 42.5 Å². The molecule has 78 heavy (non-hydrogen) atoms. The van der Waals surface area contributed by atoms with Crippen molar-refractivity contribution in [2.75, 3.05) is 37.7 Å². The van der Waals surface area contributed by atoms with Crippen LogP contribution in [0.3, 0.4) is 0 Å². The molecule has 8 atom stereocenters. The van der Waals surface area contributed by atoms with Gasteiger partial charge in [0.1, 0.15) is 47.7 Å². The van der Waals surface area contributed by atoms with Crippen LogP contribution >= 0.6 is 21.6 Å². The lowest BCUT2D eigenvalue weighted by Crippen LogP contribution is -2.62. The van der Waals surface area contributed by atoms with Crippen molar-refractivity contribution >= 4 is 80.7 Å². The summed E-state index contributed by atoms with van der Waals surface area (Å²) in [5, 5.41) is 39.8. The molecule has 28 heteroatoms. The van der Waals surface area contributed by atoms with Crippen molar-refractivity contribution in [1.29, 1.82) is 0 Å². The number of phenols is 1. The molecule has 0 bridgehead atoms. The molecule has 1 heterocycles. The topological polar surface area (TPSA) is 412 Å². The van der Waals surface area contributed by atoms with Gasteiger partial charge in [-0.05, 0) is 61.4 Å². The number of phenolic OH excluding ortho intramolecular Hbond substituents is 1. The van der Waals surface area contributed by atoms with Gasteiger partial charge in [0.15, 0.2) is 0 Å². The summed E-state index contributed by atoms with van der Waals surface area (Å²) in [4.78, 5) is 136. The zero-order valence-corrected chi connectivity index (χ0v) is 45.8. The number of rotatable bonds is 24. The van der Waals surface area contributed by atoms with Gasteiger partial charge in [-0.25, -0.2) is 4.39 Å². The molecular formula is C50H75FN12O13S2. The lowest BCUT2D eigenvalue weighted by atomic mass is 9.95. The Bertz CT molecular complexity index is 2390. The summed E-state index contributed by atoms with van der Waals surface area (Å²) in [6.07, 6.45) is -2.77. The van der Waals surface area contributed by atoms with Gasteiger partial charge in [0.2, 0.25) is 59.1 Å². The number of amides is 10. The lowest BCUT2D eigenvalue weighted by molar-refractivity contribution is -0.141. The summed E-state index contributed by atoms with van der Waals surface area (Å²) < 4.78 is 20.5. The van der Waals surface area contributed by atoms with E-state index in [9.17, 15) is 57.8 Å². The molecule has 2 aromatic carbocycles. The van der Waals surface area contributed by atoms with Gasteiger partial charge in [0.25, 0.3) is 0 Å². The molecule has 1 saturated heterocycles. The number of hydrogen-bond donors (Lipinski definition) is 13. The quantitative estimate of drug-likeness (QED) is 0.0405. The second-order valence-electron chi connectivity index (χ2n) is 19.1. The van der Waals surface area contributed by atoms with E-state index in [1.807, 2.05) is 0 Å².